The minimum absolute atomic E-state index is 0.451. The Labute approximate surface area is 79.0 Å². The predicted molar refractivity (Wildman–Crippen MR) is 53.6 cm³/mol. The van der Waals surface area contributed by atoms with Crippen molar-refractivity contribution in [2.75, 3.05) is 13.1 Å². The van der Waals surface area contributed by atoms with Gasteiger partial charge in [-0.2, -0.15) is 0 Å². The van der Waals surface area contributed by atoms with Gasteiger partial charge in [-0.1, -0.05) is 30.3 Å². The molecule has 0 bridgehead atoms. The third-order valence-corrected chi connectivity index (χ3v) is 1.86. The fraction of sp³-hybridized carbons (Fsp3) is 0.455. The maximum atomic E-state index is 12.4. The van der Waals surface area contributed by atoms with E-state index in [9.17, 15) is 4.39 Å². The van der Waals surface area contributed by atoms with Gasteiger partial charge in [0.2, 0.25) is 0 Å². The van der Waals surface area contributed by atoms with Crippen LogP contribution in [0.25, 0.3) is 0 Å². The molecule has 0 aromatic heterocycles. The van der Waals surface area contributed by atoms with E-state index >= 15 is 0 Å². The van der Waals surface area contributed by atoms with Crippen LogP contribution in [0.2, 0.25) is 0 Å². The molecule has 1 rings (SSSR count). The van der Waals surface area contributed by atoms with Crippen LogP contribution in [-0.2, 0) is 6.42 Å². The Morgan fingerprint density at radius 1 is 1.31 bits per heavy atom. The summed E-state index contributed by atoms with van der Waals surface area (Å²) in [7, 11) is 0. The fourth-order valence-corrected chi connectivity index (χ4v) is 1.18. The first-order chi connectivity index (χ1) is 6.29. The number of alkyl halides is 1. The minimum Gasteiger partial charge on any atom is -0.314 e. The highest BCUT2D eigenvalue weighted by Gasteiger charge is 1.96. The summed E-state index contributed by atoms with van der Waals surface area (Å²) in [6, 6.07) is 10.2. The molecule has 1 unspecified atom stereocenters. The molecule has 0 saturated carbocycles. The highest BCUT2D eigenvalue weighted by molar-refractivity contribution is 5.14. The Hall–Kier alpha value is -0.890. The first-order valence-electron chi connectivity index (χ1n) is 4.68. The molecule has 0 fully saturated rings. The predicted octanol–water partition coefficient (Wildman–Crippen LogP) is 2.18. The largest absolute Gasteiger partial charge is 0.314 e. The third kappa shape index (κ3) is 4.63. The van der Waals surface area contributed by atoms with E-state index < -0.39 is 6.17 Å². The summed E-state index contributed by atoms with van der Waals surface area (Å²) in [5.74, 6) is 0. The van der Waals surface area contributed by atoms with E-state index in [1.54, 1.807) is 6.92 Å². The third-order valence-electron chi connectivity index (χ3n) is 1.86. The standard InChI is InChI=1S/C11H16FN/c1-10(12)9-13-8-7-11-5-3-2-4-6-11/h2-6,10,13H,7-9H2,1H3. The van der Waals surface area contributed by atoms with Gasteiger partial charge in [0.1, 0.15) is 6.17 Å². The van der Waals surface area contributed by atoms with Crippen molar-refractivity contribution in [1.82, 2.24) is 5.32 Å². The zero-order chi connectivity index (χ0) is 9.52. The van der Waals surface area contributed by atoms with Crippen molar-refractivity contribution in [3.8, 4) is 0 Å². The van der Waals surface area contributed by atoms with Crippen LogP contribution in [0.1, 0.15) is 12.5 Å². The van der Waals surface area contributed by atoms with Gasteiger partial charge in [0.25, 0.3) is 0 Å². The van der Waals surface area contributed by atoms with E-state index in [0.717, 1.165) is 13.0 Å². The maximum Gasteiger partial charge on any atom is 0.110 e. The van der Waals surface area contributed by atoms with Gasteiger partial charge in [-0.25, -0.2) is 4.39 Å². The lowest BCUT2D eigenvalue weighted by Crippen LogP contribution is -2.24. The Morgan fingerprint density at radius 3 is 2.62 bits per heavy atom. The van der Waals surface area contributed by atoms with E-state index in [-0.39, 0.29) is 0 Å². The molecule has 1 aromatic carbocycles. The van der Waals surface area contributed by atoms with Gasteiger partial charge < -0.3 is 5.32 Å². The van der Waals surface area contributed by atoms with Crippen molar-refractivity contribution in [2.45, 2.75) is 19.5 Å². The molecule has 0 spiro atoms. The molecule has 0 radical (unpaired) electrons. The van der Waals surface area contributed by atoms with Crippen LogP contribution in [0, 0.1) is 0 Å². The van der Waals surface area contributed by atoms with Gasteiger partial charge in [0.15, 0.2) is 0 Å². The van der Waals surface area contributed by atoms with Crippen LogP contribution < -0.4 is 5.32 Å². The normalized spacial score (nSPS) is 12.8. The zero-order valence-corrected chi connectivity index (χ0v) is 7.96. The van der Waals surface area contributed by atoms with E-state index in [4.69, 9.17) is 0 Å². The second kappa shape index (κ2) is 5.70. The monoisotopic (exact) mass is 181 g/mol. The van der Waals surface area contributed by atoms with E-state index in [1.807, 2.05) is 18.2 Å². The lowest BCUT2D eigenvalue weighted by Gasteiger charge is -2.04. The first-order valence-corrected chi connectivity index (χ1v) is 4.68. The highest BCUT2D eigenvalue weighted by Crippen LogP contribution is 1.98. The van der Waals surface area contributed by atoms with Crippen molar-refractivity contribution >= 4 is 0 Å². The highest BCUT2D eigenvalue weighted by atomic mass is 19.1. The molecule has 2 heteroatoms. The van der Waals surface area contributed by atoms with Crippen LogP contribution in [0.5, 0.6) is 0 Å². The quantitative estimate of drug-likeness (QED) is 0.686. The summed E-state index contributed by atoms with van der Waals surface area (Å²) in [5.41, 5.74) is 1.29. The summed E-state index contributed by atoms with van der Waals surface area (Å²) in [4.78, 5) is 0. The second-order valence-corrected chi connectivity index (χ2v) is 3.22. The summed E-state index contributed by atoms with van der Waals surface area (Å²) in [5, 5.41) is 3.06. The first kappa shape index (κ1) is 10.2. The minimum atomic E-state index is -0.754. The lowest BCUT2D eigenvalue weighted by atomic mass is 10.1. The van der Waals surface area contributed by atoms with Crippen molar-refractivity contribution in [3.05, 3.63) is 35.9 Å². The zero-order valence-electron chi connectivity index (χ0n) is 7.96. The Morgan fingerprint density at radius 2 is 2.00 bits per heavy atom. The fourth-order valence-electron chi connectivity index (χ4n) is 1.18. The smallest absolute Gasteiger partial charge is 0.110 e. The molecule has 13 heavy (non-hydrogen) atoms. The molecule has 0 aliphatic heterocycles. The van der Waals surface area contributed by atoms with Crippen molar-refractivity contribution in [2.24, 2.45) is 0 Å². The van der Waals surface area contributed by atoms with Crippen LogP contribution in [0.4, 0.5) is 4.39 Å². The molecule has 1 nitrogen and oxygen atoms in total. The molecule has 1 N–H and O–H groups in total. The van der Waals surface area contributed by atoms with Crippen molar-refractivity contribution in [1.29, 1.82) is 0 Å². The molecule has 0 saturated heterocycles. The average molecular weight is 181 g/mol. The maximum absolute atomic E-state index is 12.4. The van der Waals surface area contributed by atoms with Gasteiger partial charge in [0.05, 0.1) is 0 Å². The molecule has 0 aliphatic carbocycles. The van der Waals surface area contributed by atoms with Crippen LogP contribution >= 0.6 is 0 Å². The molecule has 0 amide bonds. The Balaban J connectivity index is 2.13. The van der Waals surface area contributed by atoms with Crippen molar-refractivity contribution < 1.29 is 4.39 Å². The number of rotatable bonds is 5. The van der Waals surface area contributed by atoms with Gasteiger partial charge in [-0.05, 0) is 25.5 Å². The number of hydrogen-bond donors (Lipinski definition) is 1. The summed E-state index contributed by atoms with van der Waals surface area (Å²) in [6.45, 7) is 2.86. The number of hydrogen-bond acceptors (Lipinski definition) is 1. The Bertz CT molecular complexity index is 221. The van der Waals surface area contributed by atoms with Crippen LogP contribution in [0.15, 0.2) is 30.3 Å². The van der Waals surface area contributed by atoms with Gasteiger partial charge in [0, 0.05) is 6.54 Å². The second-order valence-electron chi connectivity index (χ2n) is 3.22. The number of benzene rings is 1. The number of nitrogens with one attached hydrogen (secondary N) is 1. The summed E-state index contributed by atoms with van der Waals surface area (Å²) in [6.07, 6.45) is 0.212. The molecule has 1 atom stereocenters. The van der Waals surface area contributed by atoms with Gasteiger partial charge >= 0.3 is 0 Å². The summed E-state index contributed by atoms with van der Waals surface area (Å²) < 4.78 is 12.4. The Kier molecular flexibility index (Phi) is 4.47. The molecular weight excluding hydrogens is 165 g/mol. The van der Waals surface area contributed by atoms with E-state index in [0.29, 0.717) is 6.54 Å². The molecular formula is C11H16FN. The van der Waals surface area contributed by atoms with E-state index in [1.165, 1.54) is 5.56 Å². The van der Waals surface area contributed by atoms with Crippen LogP contribution in [0.3, 0.4) is 0 Å². The molecule has 0 heterocycles. The SMILES string of the molecule is CC(F)CNCCc1ccccc1. The topological polar surface area (TPSA) is 12.0 Å². The average Bonchev–Trinajstić information content (AvgIpc) is 2.14. The number of halogens is 1. The van der Waals surface area contributed by atoms with E-state index in [2.05, 4.69) is 17.4 Å². The van der Waals surface area contributed by atoms with Crippen molar-refractivity contribution in [3.63, 3.8) is 0 Å². The van der Waals surface area contributed by atoms with Gasteiger partial charge in [-0.15, -0.1) is 0 Å². The molecule has 72 valence electrons. The van der Waals surface area contributed by atoms with Crippen LogP contribution in [-0.4, -0.2) is 19.3 Å². The lowest BCUT2D eigenvalue weighted by molar-refractivity contribution is 0.345. The summed E-state index contributed by atoms with van der Waals surface area (Å²) >= 11 is 0. The molecule has 0 aliphatic rings. The molecule has 1 aromatic rings. The van der Waals surface area contributed by atoms with Gasteiger partial charge in [-0.3, -0.25) is 0 Å².